The van der Waals surface area contributed by atoms with Gasteiger partial charge in [0.2, 0.25) is 0 Å². The van der Waals surface area contributed by atoms with Crippen molar-refractivity contribution in [1.29, 1.82) is 0 Å². The number of carbonyl (C=O) groups is 1. The van der Waals surface area contributed by atoms with E-state index in [2.05, 4.69) is 15.4 Å². The van der Waals surface area contributed by atoms with E-state index in [4.69, 9.17) is 9.26 Å². The number of likely N-dealkylation sites (tertiary alicyclic amines) is 1. The Morgan fingerprint density at radius 3 is 2.96 bits per heavy atom. The summed E-state index contributed by atoms with van der Waals surface area (Å²) in [6, 6.07) is 11.2. The van der Waals surface area contributed by atoms with Gasteiger partial charge in [0.05, 0.1) is 18.8 Å². The first-order valence-electron chi connectivity index (χ1n) is 9.10. The summed E-state index contributed by atoms with van der Waals surface area (Å²) in [5.74, 6) is 1.44. The van der Waals surface area contributed by atoms with E-state index in [1.54, 1.807) is 13.2 Å². The van der Waals surface area contributed by atoms with Gasteiger partial charge in [-0.2, -0.15) is 5.10 Å². The third kappa shape index (κ3) is 3.45. The summed E-state index contributed by atoms with van der Waals surface area (Å²) < 4.78 is 10.5. The molecule has 1 aliphatic rings. The number of benzene rings is 1. The van der Waals surface area contributed by atoms with Crippen molar-refractivity contribution >= 4 is 5.91 Å². The first-order chi connectivity index (χ1) is 13.2. The Morgan fingerprint density at radius 2 is 2.19 bits per heavy atom. The monoisotopic (exact) mass is 366 g/mol. The summed E-state index contributed by atoms with van der Waals surface area (Å²) in [5.41, 5.74) is 2.89. The van der Waals surface area contributed by atoms with Crippen molar-refractivity contribution in [3.8, 4) is 17.0 Å². The summed E-state index contributed by atoms with van der Waals surface area (Å²) >= 11 is 0. The number of rotatable bonds is 4. The zero-order valence-corrected chi connectivity index (χ0v) is 15.4. The SMILES string of the molecule is COc1cccc(-c2cc(C(=O)N3CCCC[C@H]3c3cc(C)on3)[nH]n2)c1. The van der Waals surface area contributed by atoms with Gasteiger partial charge < -0.3 is 14.2 Å². The van der Waals surface area contributed by atoms with Gasteiger partial charge in [0.25, 0.3) is 5.91 Å². The van der Waals surface area contributed by atoms with Crippen LogP contribution in [0.4, 0.5) is 0 Å². The quantitative estimate of drug-likeness (QED) is 0.760. The number of hydrogen-bond acceptors (Lipinski definition) is 5. The highest BCUT2D eigenvalue weighted by Gasteiger charge is 2.31. The summed E-state index contributed by atoms with van der Waals surface area (Å²) in [7, 11) is 1.63. The average Bonchev–Trinajstić information content (AvgIpc) is 3.37. The van der Waals surface area contributed by atoms with Gasteiger partial charge in [0.15, 0.2) is 0 Å². The molecule has 0 unspecified atom stereocenters. The third-order valence-electron chi connectivity index (χ3n) is 4.93. The molecule has 1 atom stereocenters. The molecule has 140 valence electrons. The number of ether oxygens (including phenoxy) is 1. The van der Waals surface area contributed by atoms with Gasteiger partial charge in [0, 0.05) is 18.2 Å². The molecule has 27 heavy (non-hydrogen) atoms. The topological polar surface area (TPSA) is 84.2 Å². The van der Waals surface area contributed by atoms with E-state index in [9.17, 15) is 4.79 Å². The molecule has 7 heteroatoms. The van der Waals surface area contributed by atoms with E-state index in [-0.39, 0.29) is 11.9 Å². The predicted molar refractivity (Wildman–Crippen MR) is 99.4 cm³/mol. The van der Waals surface area contributed by atoms with Crippen molar-refractivity contribution in [2.75, 3.05) is 13.7 Å². The molecule has 4 rings (SSSR count). The van der Waals surface area contributed by atoms with Crippen LogP contribution in [0.25, 0.3) is 11.3 Å². The molecule has 0 radical (unpaired) electrons. The molecular formula is C20H22N4O3. The molecule has 0 spiro atoms. The fourth-order valence-corrected chi connectivity index (χ4v) is 3.54. The van der Waals surface area contributed by atoms with Crippen molar-refractivity contribution in [3.63, 3.8) is 0 Å². The van der Waals surface area contributed by atoms with E-state index < -0.39 is 0 Å². The van der Waals surface area contributed by atoms with Crippen LogP contribution in [0, 0.1) is 6.92 Å². The smallest absolute Gasteiger partial charge is 0.272 e. The molecule has 3 heterocycles. The number of nitrogens with one attached hydrogen (secondary N) is 1. The number of aryl methyl sites for hydroxylation is 1. The molecule has 2 aromatic heterocycles. The number of piperidine rings is 1. The average molecular weight is 366 g/mol. The predicted octanol–water partition coefficient (Wildman–Crippen LogP) is 3.75. The van der Waals surface area contributed by atoms with Gasteiger partial charge >= 0.3 is 0 Å². The molecule has 1 aromatic carbocycles. The molecule has 7 nitrogen and oxygen atoms in total. The zero-order valence-electron chi connectivity index (χ0n) is 15.4. The number of nitrogens with zero attached hydrogens (tertiary/aromatic N) is 3. The third-order valence-corrected chi connectivity index (χ3v) is 4.93. The number of H-pyrrole nitrogens is 1. The molecule has 1 aliphatic heterocycles. The van der Waals surface area contributed by atoms with E-state index in [0.29, 0.717) is 17.9 Å². The standard InChI is InChI=1S/C20H22N4O3/c1-13-10-17(23-27-13)19-8-3-4-9-24(19)20(25)18-12-16(21-22-18)14-6-5-7-15(11-14)26-2/h5-7,10-12,19H,3-4,8-9H2,1-2H3,(H,21,22)/t19-/m0/s1. The summed E-state index contributed by atoms with van der Waals surface area (Å²) in [4.78, 5) is 15.0. The maximum atomic E-state index is 13.1. The van der Waals surface area contributed by atoms with Gasteiger partial charge in [-0.05, 0) is 44.4 Å². The van der Waals surface area contributed by atoms with Crippen LogP contribution >= 0.6 is 0 Å². The van der Waals surface area contributed by atoms with Gasteiger partial charge in [-0.15, -0.1) is 0 Å². The summed E-state index contributed by atoms with van der Waals surface area (Å²) in [6.45, 7) is 2.56. The van der Waals surface area contributed by atoms with Crippen molar-refractivity contribution in [1.82, 2.24) is 20.3 Å². The number of carbonyl (C=O) groups excluding carboxylic acids is 1. The number of methoxy groups -OCH3 is 1. The Labute approximate surface area is 157 Å². The Kier molecular flexibility index (Phi) is 4.66. The van der Waals surface area contributed by atoms with E-state index in [1.165, 1.54) is 0 Å². The first-order valence-corrected chi connectivity index (χ1v) is 9.10. The van der Waals surface area contributed by atoms with Crippen LogP contribution in [0.5, 0.6) is 5.75 Å². The van der Waals surface area contributed by atoms with Crippen LogP contribution in [0.15, 0.2) is 40.9 Å². The van der Waals surface area contributed by atoms with Gasteiger partial charge in [-0.1, -0.05) is 17.3 Å². The Hall–Kier alpha value is -3.09. The lowest BCUT2D eigenvalue weighted by Gasteiger charge is -2.34. The number of hydrogen-bond donors (Lipinski definition) is 1. The minimum atomic E-state index is -0.0676. The lowest BCUT2D eigenvalue weighted by molar-refractivity contribution is 0.0595. The minimum absolute atomic E-state index is 0.0627. The van der Waals surface area contributed by atoms with E-state index in [1.807, 2.05) is 42.2 Å². The normalized spacial score (nSPS) is 17.1. The largest absolute Gasteiger partial charge is 0.497 e. The molecule has 1 fully saturated rings. The second-order valence-electron chi connectivity index (χ2n) is 6.77. The van der Waals surface area contributed by atoms with Gasteiger partial charge in [0.1, 0.15) is 22.9 Å². The van der Waals surface area contributed by atoms with Crippen molar-refractivity contribution in [2.24, 2.45) is 0 Å². The van der Waals surface area contributed by atoms with E-state index >= 15 is 0 Å². The van der Waals surface area contributed by atoms with Crippen LogP contribution in [0.1, 0.15) is 47.2 Å². The number of aromatic nitrogens is 3. The highest BCUT2D eigenvalue weighted by molar-refractivity contribution is 5.93. The molecule has 0 aliphatic carbocycles. The van der Waals surface area contributed by atoms with Crippen LogP contribution in [-0.4, -0.2) is 39.8 Å². The molecular weight excluding hydrogens is 344 g/mol. The second-order valence-corrected chi connectivity index (χ2v) is 6.77. The maximum Gasteiger partial charge on any atom is 0.272 e. The van der Waals surface area contributed by atoms with Gasteiger partial charge in [-0.3, -0.25) is 9.89 Å². The number of aromatic amines is 1. The van der Waals surface area contributed by atoms with Gasteiger partial charge in [-0.25, -0.2) is 0 Å². The van der Waals surface area contributed by atoms with Crippen LogP contribution < -0.4 is 4.74 Å². The van der Waals surface area contributed by atoms with Crippen LogP contribution in [0.3, 0.4) is 0 Å². The lowest BCUT2D eigenvalue weighted by atomic mass is 9.98. The molecule has 0 saturated carbocycles. The molecule has 3 aromatic rings. The fraction of sp³-hybridized carbons (Fsp3) is 0.350. The Balaban J connectivity index is 1.59. The Bertz CT molecular complexity index is 946. The Morgan fingerprint density at radius 1 is 1.30 bits per heavy atom. The van der Waals surface area contributed by atoms with E-state index in [0.717, 1.165) is 42.0 Å². The van der Waals surface area contributed by atoms with Crippen molar-refractivity contribution in [3.05, 3.63) is 53.5 Å². The molecule has 1 saturated heterocycles. The highest BCUT2D eigenvalue weighted by Crippen LogP contribution is 2.32. The summed E-state index contributed by atoms with van der Waals surface area (Å²) in [6.07, 6.45) is 2.93. The number of amides is 1. The summed E-state index contributed by atoms with van der Waals surface area (Å²) in [5, 5.41) is 11.3. The zero-order chi connectivity index (χ0) is 18.8. The van der Waals surface area contributed by atoms with Crippen molar-refractivity contribution < 1.29 is 14.1 Å². The molecule has 0 bridgehead atoms. The maximum absolute atomic E-state index is 13.1. The second kappa shape index (κ2) is 7.26. The fourth-order valence-electron chi connectivity index (χ4n) is 3.54. The van der Waals surface area contributed by atoms with Crippen LogP contribution in [-0.2, 0) is 0 Å². The molecule has 1 amide bonds. The van der Waals surface area contributed by atoms with Crippen molar-refractivity contribution in [2.45, 2.75) is 32.2 Å². The lowest BCUT2D eigenvalue weighted by Crippen LogP contribution is -2.38. The minimum Gasteiger partial charge on any atom is -0.497 e. The molecule has 1 N–H and O–H groups in total. The van der Waals surface area contributed by atoms with Crippen LogP contribution in [0.2, 0.25) is 0 Å². The highest BCUT2D eigenvalue weighted by atomic mass is 16.5. The first kappa shape index (κ1) is 17.3.